The minimum Gasteiger partial charge on any atom is -0.351 e. The molecule has 1 amide bonds. The van der Waals surface area contributed by atoms with Crippen LogP contribution in [0.25, 0.3) is 0 Å². The number of hydrogen-bond acceptors (Lipinski definition) is 4. The SMILES string of the molecule is CCC(CCBr)CNC(=O)c1ccc([N+](=O)[O-])s1. The molecule has 0 fully saturated rings. The molecular formula is C11H15BrN2O3S. The van der Waals surface area contributed by atoms with Gasteiger partial charge in [-0.2, -0.15) is 0 Å². The summed E-state index contributed by atoms with van der Waals surface area (Å²) in [5.74, 6) is 0.199. The van der Waals surface area contributed by atoms with Crippen LogP contribution in [0.5, 0.6) is 0 Å². The number of nitro groups is 1. The van der Waals surface area contributed by atoms with Gasteiger partial charge in [0.1, 0.15) is 0 Å². The summed E-state index contributed by atoms with van der Waals surface area (Å²) in [5.41, 5.74) is 0. The van der Waals surface area contributed by atoms with Crippen molar-refractivity contribution < 1.29 is 9.72 Å². The standard InChI is InChI=1S/C11H15BrN2O3S/c1-2-8(5-6-12)7-13-11(15)9-3-4-10(18-9)14(16)17/h3-4,8H,2,5-7H2,1H3,(H,13,15). The van der Waals surface area contributed by atoms with E-state index in [1.54, 1.807) is 0 Å². The predicted octanol–water partition coefficient (Wildman–Crippen LogP) is 3.20. The van der Waals surface area contributed by atoms with Crippen molar-refractivity contribution >= 4 is 38.2 Å². The van der Waals surface area contributed by atoms with Crippen LogP contribution in [0.2, 0.25) is 0 Å². The van der Waals surface area contributed by atoms with E-state index in [0.29, 0.717) is 17.3 Å². The second-order valence-electron chi connectivity index (χ2n) is 3.86. The van der Waals surface area contributed by atoms with E-state index in [1.807, 2.05) is 0 Å². The molecule has 5 nitrogen and oxygen atoms in total. The zero-order valence-corrected chi connectivity index (χ0v) is 12.4. The molecule has 1 N–H and O–H groups in total. The van der Waals surface area contributed by atoms with E-state index in [4.69, 9.17) is 0 Å². The van der Waals surface area contributed by atoms with Gasteiger partial charge in [-0.3, -0.25) is 14.9 Å². The number of hydrogen-bond donors (Lipinski definition) is 1. The molecular weight excluding hydrogens is 320 g/mol. The smallest absolute Gasteiger partial charge is 0.324 e. The number of halogens is 1. The number of rotatable bonds is 7. The molecule has 1 heterocycles. The van der Waals surface area contributed by atoms with Crippen LogP contribution in [-0.4, -0.2) is 22.7 Å². The van der Waals surface area contributed by atoms with E-state index in [1.165, 1.54) is 12.1 Å². The summed E-state index contributed by atoms with van der Waals surface area (Å²) in [5, 5.41) is 14.2. The van der Waals surface area contributed by atoms with Gasteiger partial charge in [0.25, 0.3) is 5.91 Å². The highest BCUT2D eigenvalue weighted by Gasteiger charge is 2.16. The molecule has 0 radical (unpaired) electrons. The molecule has 0 saturated carbocycles. The van der Waals surface area contributed by atoms with Gasteiger partial charge in [0, 0.05) is 17.9 Å². The number of amides is 1. The first kappa shape index (κ1) is 15.1. The van der Waals surface area contributed by atoms with Gasteiger partial charge < -0.3 is 5.32 Å². The van der Waals surface area contributed by atoms with E-state index in [9.17, 15) is 14.9 Å². The van der Waals surface area contributed by atoms with E-state index in [2.05, 4.69) is 28.2 Å². The van der Waals surface area contributed by atoms with Gasteiger partial charge in [-0.05, 0) is 18.4 Å². The molecule has 0 aromatic carbocycles. The third-order valence-corrected chi connectivity index (χ3v) is 4.14. The summed E-state index contributed by atoms with van der Waals surface area (Å²) < 4.78 is 0. The number of thiophene rings is 1. The lowest BCUT2D eigenvalue weighted by Crippen LogP contribution is -2.28. The molecule has 0 bridgehead atoms. The summed E-state index contributed by atoms with van der Waals surface area (Å²) >= 11 is 4.28. The van der Waals surface area contributed by atoms with Crippen LogP contribution in [0.3, 0.4) is 0 Å². The van der Waals surface area contributed by atoms with Gasteiger partial charge in [0.15, 0.2) is 0 Å². The monoisotopic (exact) mass is 334 g/mol. The van der Waals surface area contributed by atoms with E-state index >= 15 is 0 Å². The van der Waals surface area contributed by atoms with Gasteiger partial charge in [-0.15, -0.1) is 0 Å². The van der Waals surface area contributed by atoms with Crippen LogP contribution in [0.15, 0.2) is 12.1 Å². The molecule has 0 spiro atoms. The number of nitrogens with one attached hydrogen (secondary N) is 1. The van der Waals surface area contributed by atoms with Crippen LogP contribution >= 0.6 is 27.3 Å². The first-order chi connectivity index (χ1) is 8.58. The fourth-order valence-corrected chi connectivity index (χ4v) is 2.86. The summed E-state index contributed by atoms with van der Waals surface area (Å²) in [7, 11) is 0. The van der Waals surface area contributed by atoms with Crippen LogP contribution in [0, 0.1) is 16.0 Å². The Morgan fingerprint density at radius 1 is 1.61 bits per heavy atom. The molecule has 1 unspecified atom stereocenters. The van der Waals surface area contributed by atoms with E-state index in [-0.39, 0.29) is 10.9 Å². The Hall–Kier alpha value is -0.950. The number of carbonyl (C=O) groups is 1. The maximum Gasteiger partial charge on any atom is 0.324 e. The zero-order valence-electron chi connectivity index (χ0n) is 10.0. The highest BCUT2D eigenvalue weighted by Crippen LogP contribution is 2.23. The molecule has 0 saturated heterocycles. The molecule has 1 aromatic heterocycles. The highest BCUT2D eigenvalue weighted by atomic mass is 79.9. The number of alkyl halides is 1. The largest absolute Gasteiger partial charge is 0.351 e. The van der Waals surface area contributed by atoms with Crippen LogP contribution in [0.4, 0.5) is 5.00 Å². The van der Waals surface area contributed by atoms with Crippen LogP contribution in [-0.2, 0) is 0 Å². The first-order valence-corrected chi connectivity index (χ1v) is 7.60. The van der Waals surface area contributed by atoms with Gasteiger partial charge >= 0.3 is 5.00 Å². The molecule has 1 aromatic rings. The Labute approximate surface area is 118 Å². The average Bonchev–Trinajstić information content (AvgIpc) is 2.83. The van der Waals surface area contributed by atoms with Crippen molar-refractivity contribution in [2.24, 2.45) is 5.92 Å². The second-order valence-corrected chi connectivity index (χ2v) is 5.71. The minimum absolute atomic E-state index is 0.00681. The molecule has 100 valence electrons. The van der Waals surface area contributed by atoms with Crippen LogP contribution < -0.4 is 5.32 Å². The lowest BCUT2D eigenvalue weighted by molar-refractivity contribution is -0.380. The maximum absolute atomic E-state index is 11.8. The maximum atomic E-state index is 11.8. The molecule has 0 aliphatic rings. The van der Waals surface area contributed by atoms with Crippen molar-refractivity contribution in [3.8, 4) is 0 Å². The van der Waals surface area contributed by atoms with Crippen molar-refractivity contribution in [3.05, 3.63) is 27.1 Å². The Morgan fingerprint density at radius 2 is 2.33 bits per heavy atom. The molecule has 7 heteroatoms. The van der Waals surface area contributed by atoms with Crippen molar-refractivity contribution in [1.29, 1.82) is 0 Å². The fraction of sp³-hybridized carbons (Fsp3) is 0.545. The quantitative estimate of drug-likeness (QED) is 0.472. The highest BCUT2D eigenvalue weighted by molar-refractivity contribution is 9.09. The molecule has 1 atom stereocenters. The van der Waals surface area contributed by atoms with Crippen LogP contribution in [0.1, 0.15) is 29.4 Å². The summed E-state index contributed by atoms with van der Waals surface area (Å²) in [6.07, 6.45) is 2.00. The zero-order chi connectivity index (χ0) is 13.5. The average molecular weight is 335 g/mol. The second kappa shape index (κ2) is 7.48. The third-order valence-electron chi connectivity index (χ3n) is 2.64. The van der Waals surface area contributed by atoms with Gasteiger partial charge in [-0.1, -0.05) is 40.6 Å². The molecule has 0 aliphatic carbocycles. The Balaban J connectivity index is 2.51. The van der Waals surface area contributed by atoms with E-state index in [0.717, 1.165) is 29.5 Å². The normalized spacial score (nSPS) is 12.1. The summed E-state index contributed by atoms with van der Waals surface area (Å²) in [6, 6.07) is 2.85. The summed E-state index contributed by atoms with van der Waals surface area (Å²) in [4.78, 5) is 22.2. The topological polar surface area (TPSA) is 72.2 Å². The lowest BCUT2D eigenvalue weighted by atomic mass is 10.0. The number of carbonyl (C=O) groups excluding carboxylic acids is 1. The minimum atomic E-state index is -0.485. The van der Waals surface area contributed by atoms with Crippen molar-refractivity contribution in [2.45, 2.75) is 19.8 Å². The molecule has 1 rings (SSSR count). The van der Waals surface area contributed by atoms with Gasteiger partial charge in [-0.25, -0.2) is 0 Å². The van der Waals surface area contributed by atoms with Gasteiger partial charge in [0.05, 0.1) is 9.80 Å². The Morgan fingerprint density at radius 3 is 2.83 bits per heavy atom. The van der Waals surface area contributed by atoms with Crippen molar-refractivity contribution in [1.82, 2.24) is 5.32 Å². The van der Waals surface area contributed by atoms with Crippen molar-refractivity contribution in [3.63, 3.8) is 0 Å². The molecule has 0 aliphatic heterocycles. The van der Waals surface area contributed by atoms with E-state index < -0.39 is 4.92 Å². The molecule has 18 heavy (non-hydrogen) atoms. The first-order valence-electron chi connectivity index (χ1n) is 5.66. The van der Waals surface area contributed by atoms with Gasteiger partial charge in [0.2, 0.25) is 0 Å². The fourth-order valence-electron chi connectivity index (χ4n) is 1.48. The lowest BCUT2D eigenvalue weighted by Gasteiger charge is -2.13. The third kappa shape index (κ3) is 4.38. The Bertz CT molecular complexity index is 422. The predicted molar refractivity (Wildman–Crippen MR) is 75.5 cm³/mol. The summed E-state index contributed by atoms with van der Waals surface area (Å²) in [6.45, 7) is 2.68. The Kier molecular flexibility index (Phi) is 6.28. The number of nitrogens with zero attached hydrogens (tertiary/aromatic N) is 1. The van der Waals surface area contributed by atoms with Crippen molar-refractivity contribution in [2.75, 3.05) is 11.9 Å².